The molecule has 5 saturated carbocycles. The van der Waals surface area contributed by atoms with Gasteiger partial charge in [0.2, 0.25) is 11.8 Å². The average Bonchev–Trinajstić information content (AvgIpc) is 3.69. The number of aliphatic hydroxyl groups is 1. The molecule has 1 spiro atoms. The van der Waals surface area contributed by atoms with Crippen molar-refractivity contribution < 1.29 is 66.4 Å². The Kier molecular flexibility index (Phi) is 12.4. The summed E-state index contributed by atoms with van der Waals surface area (Å²) in [6.45, 7) is 7.88. The summed E-state index contributed by atoms with van der Waals surface area (Å²) in [5.74, 6) is -2.85. The molecule has 6 aliphatic carbocycles. The van der Waals surface area contributed by atoms with Gasteiger partial charge in [-0.05, 0) is 124 Å². The van der Waals surface area contributed by atoms with E-state index in [4.69, 9.17) is 29.2 Å². The standard InChI is InChI=1S/C46H59FN3O13P/c1-42(2,3)62-38(55)11-10-33(50-37(54)22-48)40(56)49-25-17-45(18-25)19-28(20-45)60-27-8-6-24(7-9-27)41-61-36-16-30-29-15-32(47)31-14-26(51)12-13-43(31,4)39(29)34(52)21-44(30,5)46(36,63-41)35(53)23-59-64(57)58/h6-9,12-14,25,28-30,32-34,36,39,41,52H,10-11,15-23,48H2,1-5H3,(H,49,56)(H,50,54)/t25?,28?,29-,30-,32-,33-,34-,36+,39+,41+,43-,44-,45?,46+/m0/s1. The lowest BCUT2D eigenvalue weighted by atomic mass is 9.46. The van der Waals surface area contributed by atoms with Crippen molar-refractivity contribution in [3.05, 3.63) is 53.6 Å². The summed E-state index contributed by atoms with van der Waals surface area (Å²) in [6, 6.07) is 6.12. The Balaban J connectivity index is 0.886. The van der Waals surface area contributed by atoms with Gasteiger partial charge < -0.3 is 45.3 Å². The molecule has 0 radical (unpaired) electrons. The molecule has 1 aliphatic heterocycles. The molecular weight excluding hydrogens is 852 g/mol. The molecule has 18 heteroatoms. The number of aliphatic hydroxyl groups excluding tert-OH is 1. The van der Waals surface area contributed by atoms with E-state index < -0.39 is 97.1 Å². The van der Waals surface area contributed by atoms with Crippen molar-refractivity contribution in [1.82, 2.24) is 10.6 Å². The predicted molar refractivity (Wildman–Crippen MR) is 223 cm³/mol. The summed E-state index contributed by atoms with van der Waals surface area (Å²) in [5.41, 5.74) is 2.04. The number of Topliss-reactive ketones (excluding diaryl/α,β-unsaturated/α-hetero) is 1. The van der Waals surface area contributed by atoms with Crippen molar-refractivity contribution in [1.29, 1.82) is 0 Å². The first-order chi connectivity index (χ1) is 30.1. The van der Waals surface area contributed by atoms with Crippen LogP contribution in [0.25, 0.3) is 0 Å². The predicted octanol–water partition coefficient (Wildman–Crippen LogP) is 3.65. The number of allylic oxidation sites excluding steroid dienone is 4. The van der Waals surface area contributed by atoms with Gasteiger partial charge in [-0.1, -0.05) is 32.1 Å². The monoisotopic (exact) mass is 911 g/mol. The van der Waals surface area contributed by atoms with Gasteiger partial charge in [0.1, 0.15) is 23.6 Å². The highest BCUT2D eigenvalue weighted by Gasteiger charge is 2.76. The number of carbonyl (C=O) groups is 5. The third-order valence-electron chi connectivity index (χ3n) is 15.3. The highest BCUT2D eigenvalue weighted by molar-refractivity contribution is 7.30. The molecule has 2 amide bonds. The zero-order valence-electron chi connectivity index (χ0n) is 36.8. The van der Waals surface area contributed by atoms with Crippen LogP contribution in [0.5, 0.6) is 5.75 Å². The summed E-state index contributed by atoms with van der Waals surface area (Å²) in [6.07, 6.45) is 3.62. The van der Waals surface area contributed by atoms with E-state index in [1.165, 1.54) is 12.2 Å². The normalized spacial score (nSPS) is 38.8. The number of fused-ring (bicyclic) bond motifs is 7. The van der Waals surface area contributed by atoms with Gasteiger partial charge in [0.25, 0.3) is 0 Å². The van der Waals surface area contributed by atoms with Crippen LogP contribution in [-0.2, 0) is 47.3 Å². The summed E-state index contributed by atoms with van der Waals surface area (Å²) < 4.78 is 57.3. The number of nitrogens with two attached hydrogens (primary N) is 1. The number of ether oxygens (including phenoxy) is 4. The lowest BCUT2D eigenvalue weighted by Gasteiger charge is -2.60. The number of nitrogens with one attached hydrogen (secondary N) is 2. The number of alkyl halides is 1. The van der Waals surface area contributed by atoms with Crippen LogP contribution in [0.2, 0.25) is 0 Å². The molecule has 12 atom stereocenters. The molecule has 0 aromatic heterocycles. The largest absolute Gasteiger partial charge is 0.566 e. The van der Waals surface area contributed by atoms with Gasteiger partial charge >= 0.3 is 14.2 Å². The summed E-state index contributed by atoms with van der Waals surface area (Å²) >= 11 is 0. The molecule has 348 valence electrons. The van der Waals surface area contributed by atoms with E-state index in [9.17, 15) is 38.5 Å². The second kappa shape index (κ2) is 17.0. The van der Waals surface area contributed by atoms with Gasteiger partial charge in [-0.3, -0.25) is 24.0 Å². The van der Waals surface area contributed by atoms with Crippen LogP contribution in [0.15, 0.2) is 48.1 Å². The van der Waals surface area contributed by atoms with Crippen LogP contribution in [0, 0.1) is 34.0 Å². The topological polar surface area (TPSA) is 242 Å². The molecule has 1 unspecified atom stereocenters. The number of ketones is 2. The first-order valence-electron chi connectivity index (χ1n) is 22.3. The fourth-order valence-corrected chi connectivity index (χ4v) is 13.0. The van der Waals surface area contributed by atoms with Crippen molar-refractivity contribution in [2.45, 2.75) is 146 Å². The molecule has 7 aliphatic rings. The minimum absolute atomic E-state index is 0.0224. The van der Waals surface area contributed by atoms with Crippen LogP contribution in [0.3, 0.4) is 0 Å². The molecule has 64 heavy (non-hydrogen) atoms. The lowest BCUT2D eigenvalue weighted by molar-refractivity contribution is -0.206. The van der Waals surface area contributed by atoms with Crippen molar-refractivity contribution >= 4 is 37.6 Å². The van der Waals surface area contributed by atoms with Crippen LogP contribution in [-0.4, -0.2) is 95.4 Å². The fraction of sp³-hybridized carbons (Fsp3) is 0.674. The SMILES string of the molecule is CC(C)(C)OC(=O)CC[C@H](NC(=O)CN)C(=O)NC1CC2(C1)CC(Oc1ccc([C@@H]3O[C@@H]4C[C@H]5[C@@H]6C[C@H](F)C7=CC(=O)C=C[C@]7(C)[C@H]6[C@@H](O)C[C@]5(C)[C@]4(C(=O)CO[P+](=O)[O-])O3)cc1)C2. The number of benzene rings is 1. The molecule has 1 aromatic rings. The second-order valence-corrected chi connectivity index (χ2v) is 21.3. The smallest absolute Gasteiger partial charge is 0.488 e. The summed E-state index contributed by atoms with van der Waals surface area (Å²) in [5, 5.41) is 17.6. The number of hydrogen-bond donors (Lipinski definition) is 4. The average molecular weight is 912 g/mol. The minimum atomic E-state index is -3.35. The minimum Gasteiger partial charge on any atom is -0.566 e. The van der Waals surface area contributed by atoms with Crippen molar-refractivity contribution in [2.75, 3.05) is 13.2 Å². The Morgan fingerprint density at radius 3 is 2.44 bits per heavy atom. The van der Waals surface area contributed by atoms with E-state index in [0.717, 1.165) is 25.7 Å². The Morgan fingerprint density at radius 2 is 1.78 bits per heavy atom. The van der Waals surface area contributed by atoms with Gasteiger partial charge in [0, 0.05) is 34.8 Å². The van der Waals surface area contributed by atoms with Crippen LogP contribution >= 0.6 is 8.25 Å². The quantitative estimate of drug-likeness (QED) is 0.154. The van der Waals surface area contributed by atoms with E-state index >= 15 is 4.39 Å². The number of esters is 1. The van der Waals surface area contributed by atoms with Gasteiger partial charge in [0.05, 0.1) is 24.9 Å². The maximum absolute atomic E-state index is 16.0. The van der Waals surface area contributed by atoms with E-state index in [-0.39, 0.29) is 67.4 Å². The van der Waals surface area contributed by atoms with E-state index in [0.29, 0.717) is 23.3 Å². The molecule has 1 heterocycles. The highest BCUT2D eigenvalue weighted by Crippen LogP contribution is 2.71. The van der Waals surface area contributed by atoms with Gasteiger partial charge in [-0.25, -0.2) is 4.39 Å². The maximum Gasteiger partial charge on any atom is 0.488 e. The van der Waals surface area contributed by atoms with Gasteiger partial charge in [0.15, 0.2) is 30.1 Å². The number of amides is 2. The second-order valence-electron chi connectivity index (χ2n) is 20.6. The Bertz CT molecular complexity index is 2130. The Labute approximate surface area is 372 Å². The van der Waals surface area contributed by atoms with E-state index in [1.807, 2.05) is 13.8 Å². The first kappa shape index (κ1) is 46.6. The first-order valence-corrected chi connectivity index (χ1v) is 23.4. The maximum atomic E-state index is 16.0. The van der Waals surface area contributed by atoms with Crippen LogP contribution in [0.4, 0.5) is 4.39 Å². The lowest BCUT2D eigenvalue weighted by Crippen LogP contribution is -2.64. The number of carbonyl (C=O) groups excluding carboxylic acids is 5. The molecule has 16 nitrogen and oxygen atoms in total. The molecular formula is C46H59FN3O13P. The summed E-state index contributed by atoms with van der Waals surface area (Å²) in [4.78, 5) is 75.6. The van der Waals surface area contributed by atoms with Gasteiger partial charge in [-0.15, -0.1) is 4.52 Å². The van der Waals surface area contributed by atoms with Crippen LogP contribution in [0.1, 0.15) is 104 Å². The van der Waals surface area contributed by atoms with Crippen molar-refractivity contribution in [3.8, 4) is 5.75 Å². The number of hydrogen-bond acceptors (Lipinski definition) is 14. The summed E-state index contributed by atoms with van der Waals surface area (Å²) in [7, 11) is -3.35. The third-order valence-corrected chi connectivity index (χ3v) is 15.6. The molecule has 0 bridgehead atoms. The molecule has 1 saturated heterocycles. The van der Waals surface area contributed by atoms with Gasteiger partial charge in [-0.2, -0.15) is 0 Å². The fourth-order valence-electron chi connectivity index (χ4n) is 12.7. The number of halogens is 1. The molecule has 1 aromatic carbocycles. The Morgan fingerprint density at radius 1 is 1.08 bits per heavy atom. The third kappa shape index (κ3) is 8.39. The number of rotatable bonds is 14. The highest BCUT2D eigenvalue weighted by atomic mass is 31.1. The molecule has 8 rings (SSSR count). The van der Waals surface area contributed by atoms with Crippen molar-refractivity contribution in [2.24, 2.45) is 39.7 Å². The van der Waals surface area contributed by atoms with E-state index in [2.05, 4.69) is 10.6 Å². The molecule has 6 fully saturated rings. The zero-order valence-corrected chi connectivity index (χ0v) is 37.7. The van der Waals surface area contributed by atoms with Crippen LogP contribution < -0.4 is 26.0 Å². The van der Waals surface area contributed by atoms with Crippen molar-refractivity contribution in [3.63, 3.8) is 0 Å². The molecule has 5 N–H and O–H groups in total. The Hall–Kier alpha value is -3.96. The van der Waals surface area contributed by atoms with E-state index in [1.54, 1.807) is 51.1 Å². The zero-order chi connectivity index (χ0) is 46.1.